The smallest absolute Gasteiger partial charge is 0.251 e. The SMILES string of the molecule is CCOc1cc(C(=O)NC2CCN(C(C)=O)CC2)ccc1OCCOc1ccccc1. The summed E-state index contributed by atoms with van der Waals surface area (Å²) in [5, 5.41) is 3.06. The molecule has 1 aliphatic rings. The van der Waals surface area contributed by atoms with Crippen LogP contribution in [0.15, 0.2) is 48.5 Å². The van der Waals surface area contributed by atoms with Gasteiger partial charge in [-0.25, -0.2) is 0 Å². The predicted octanol–water partition coefficient (Wildman–Crippen LogP) is 3.28. The lowest BCUT2D eigenvalue weighted by Gasteiger charge is -2.31. The molecule has 2 aromatic carbocycles. The van der Waals surface area contributed by atoms with E-state index in [-0.39, 0.29) is 17.9 Å². The molecule has 7 heteroatoms. The van der Waals surface area contributed by atoms with Gasteiger partial charge in [0.05, 0.1) is 6.61 Å². The summed E-state index contributed by atoms with van der Waals surface area (Å²) in [6.07, 6.45) is 1.51. The first-order valence-electron chi connectivity index (χ1n) is 10.7. The van der Waals surface area contributed by atoms with E-state index in [4.69, 9.17) is 14.2 Å². The number of nitrogens with zero attached hydrogens (tertiary/aromatic N) is 1. The topological polar surface area (TPSA) is 77.1 Å². The lowest BCUT2D eigenvalue weighted by atomic mass is 10.0. The van der Waals surface area contributed by atoms with Crippen LogP contribution in [0.1, 0.15) is 37.0 Å². The van der Waals surface area contributed by atoms with Crippen LogP contribution in [0.3, 0.4) is 0 Å². The average Bonchev–Trinajstić information content (AvgIpc) is 2.78. The maximum Gasteiger partial charge on any atom is 0.251 e. The van der Waals surface area contributed by atoms with Gasteiger partial charge in [0, 0.05) is 31.6 Å². The standard InChI is InChI=1S/C24H30N2O5/c1-3-29-23-17-19(24(28)25-20-11-13-26(14-12-20)18(2)27)9-10-22(23)31-16-15-30-21-7-5-4-6-8-21/h4-10,17,20H,3,11-16H2,1-2H3,(H,25,28). The van der Waals surface area contributed by atoms with Crippen LogP contribution in [0.5, 0.6) is 17.2 Å². The van der Waals surface area contributed by atoms with Gasteiger partial charge in [-0.05, 0) is 50.1 Å². The third-order valence-electron chi connectivity index (χ3n) is 5.13. The van der Waals surface area contributed by atoms with E-state index in [1.807, 2.05) is 42.2 Å². The van der Waals surface area contributed by atoms with Crippen molar-refractivity contribution in [3.8, 4) is 17.2 Å². The number of piperidine rings is 1. The van der Waals surface area contributed by atoms with E-state index < -0.39 is 0 Å². The Morgan fingerprint density at radius 3 is 2.35 bits per heavy atom. The van der Waals surface area contributed by atoms with E-state index >= 15 is 0 Å². The minimum Gasteiger partial charge on any atom is -0.490 e. The molecule has 0 atom stereocenters. The zero-order valence-electron chi connectivity index (χ0n) is 18.1. The molecule has 0 spiro atoms. The van der Waals surface area contributed by atoms with Crippen LogP contribution in [0.25, 0.3) is 0 Å². The second kappa shape index (κ2) is 11.2. The van der Waals surface area contributed by atoms with E-state index in [0.717, 1.165) is 18.6 Å². The van der Waals surface area contributed by atoms with Gasteiger partial charge in [-0.1, -0.05) is 18.2 Å². The van der Waals surface area contributed by atoms with E-state index in [1.54, 1.807) is 25.1 Å². The number of ether oxygens (including phenoxy) is 3. The number of para-hydroxylation sites is 1. The fourth-order valence-electron chi connectivity index (χ4n) is 3.47. The van der Waals surface area contributed by atoms with Gasteiger partial charge in [0.15, 0.2) is 11.5 Å². The largest absolute Gasteiger partial charge is 0.490 e. The predicted molar refractivity (Wildman–Crippen MR) is 118 cm³/mol. The summed E-state index contributed by atoms with van der Waals surface area (Å²) in [5.74, 6) is 1.82. The Morgan fingerprint density at radius 2 is 1.68 bits per heavy atom. The highest BCUT2D eigenvalue weighted by molar-refractivity contribution is 5.95. The number of benzene rings is 2. The second-order valence-corrected chi connectivity index (χ2v) is 7.36. The van der Waals surface area contributed by atoms with Gasteiger partial charge < -0.3 is 24.4 Å². The number of likely N-dealkylation sites (tertiary alicyclic amines) is 1. The van der Waals surface area contributed by atoms with Crippen molar-refractivity contribution in [1.82, 2.24) is 10.2 Å². The van der Waals surface area contributed by atoms with Crippen LogP contribution in [-0.2, 0) is 4.79 Å². The first-order valence-corrected chi connectivity index (χ1v) is 10.7. The van der Waals surface area contributed by atoms with E-state index in [2.05, 4.69) is 5.32 Å². The lowest BCUT2D eigenvalue weighted by molar-refractivity contribution is -0.129. The summed E-state index contributed by atoms with van der Waals surface area (Å²) < 4.78 is 17.1. The van der Waals surface area contributed by atoms with E-state index in [9.17, 15) is 9.59 Å². The van der Waals surface area contributed by atoms with Gasteiger partial charge >= 0.3 is 0 Å². The van der Waals surface area contributed by atoms with Crippen molar-refractivity contribution in [3.05, 3.63) is 54.1 Å². The molecule has 1 aliphatic heterocycles. The summed E-state index contributed by atoms with van der Waals surface area (Å²) in [6.45, 7) is 6.02. The second-order valence-electron chi connectivity index (χ2n) is 7.36. The summed E-state index contributed by atoms with van der Waals surface area (Å²) in [5.41, 5.74) is 0.519. The third-order valence-corrected chi connectivity index (χ3v) is 5.13. The molecule has 7 nitrogen and oxygen atoms in total. The quantitative estimate of drug-likeness (QED) is 0.623. The van der Waals surface area contributed by atoms with Gasteiger partial charge in [0.25, 0.3) is 5.91 Å². The molecule has 166 valence electrons. The van der Waals surface area contributed by atoms with Crippen LogP contribution in [-0.4, -0.2) is 55.7 Å². The summed E-state index contributed by atoms with van der Waals surface area (Å²) in [4.78, 5) is 26.0. The van der Waals surface area contributed by atoms with Crippen LogP contribution in [0, 0.1) is 0 Å². The molecule has 31 heavy (non-hydrogen) atoms. The molecular formula is C24H30N2O5. The van der Waals surface area contributed by atoms with Crippen molar-refractivity contribution in [3.63, 3.8) is 0 Å². The zero-order valence-corrected chi connectivity index (χ0v) is 18.1. The normalized spacial score (nSPS) is 14.1. The highest BCUT2D eigenvalue weighted by Gasteiger charge is 2.22. The fraction of sp³-hybridized carbons (Fsp3) is 0.417. The Bertz CT molecular complexity index is 864. The maximum absolute atomic E-state index is 12.7. The van der Waals surface area contributed by atoms with Crippen LogP contribution in [0.4, 0.5) is 0 Å². The third kappa shape index (κ3) is 6.64. The van der Waals surface area contributed by atoms with E-state index in [0.29, 0.717) is 50.0 Å². The number of nitrogens with one attached hydrogen (secondary N) is 1. The fourth-order valence-corrected chi connectivity index (χ4v) is 3.47. The lowest BCUT2D eigenvalue weighted by Crippen LogP contribution is -2.46. The van der Waals surface area contributed by atoms with E-state index in [1.165, 1.54) is 0 Å². The van der Waals surface area contributed by atoms with Gasteiger partial charge in [0.2, 0.25) is 5.91 Å². The van der Waals surface area contributed by atoms with Gasteiger partial charge in [-0.15, -0.1) is 0 Å². The first kappa shape index (κ1) is 22.5. The molecule has 3 rings (SSSR count). The highest BCUT2D eigenvalue weighted by Crippen LogP contribution is 2.29. The van der Waals surface area contributed by atoms with Crippen molar-refractivity contribution in [2.45, 2.75) is 32.7 Å². The monoisotopic (exact) mass is 426 g/mol. The number of carbonyl (C=O) groups is 2. The number of amides is 2. The molecule has 1 fully saturated rings. The Balaban J connectivity index is 1.53. The molecule has 0 radical (unpaired) electrons. The van der Waals surface area contributed by atoms with Crippen molar-refractivity contribution in [1.29, 1.82) is 0 Å². The summed E-state index contributed by atoms with van der Waals surface area (Å²) in [7, 11) is 0. The number of hydrogen-bond donors (Lipinski definition) is 1. The number of rotatable bonds is 9. The molecular weight excluding hydrogens is 396 g/mol. The summed E-state index contributed by atoms with van der Waals surface area (Å²) in [6, 6.07) is 14.8. The number of hydrogen-bond acceptors (Lipinski definition) is 5. The minimum atomic E-state index is -0.152. The molecule has 1 N–H and O–H groups in total. The van der Waals surface area contributed by atoms with Crippen molar-refractivity contribution in [2.24, 2.45) is 0 Å². The van der Waals surface area contributed by atoms with Crippen molar-refractivity contribution in [2.75, 3.05) is 32.9 Å². The van der Waals surface area contributed by atoms with Gasteiger partial charge in [-0.2, -0.15) is 0 Å². The average molecular weight is 427 g/mol. The van der Waals surface area contributed by atoms with Gasteiger partial charge in [0.1, 0.15) is 19.0 Å². The van der Waals surface area contributed by atoms with Crippen LogP contribution < -0.4 is 19.5 Å². The Labute approximate surface area is 183 Å². The molecule has 0 aliphatic carbocycles. The van der Waals surface area contributed by atoms with Crippen molar-refractivity contribution >= 4 is 11.8 Å². The zero-order chi connectivity index (χ0) is 22.1. The van der Waals surface area contributed by atoms with Gasteiger partial charge in [-0.3, -0.25) is 9.59 Å². The molecule has 1 heterocycles. The van der Waals surface area contributed by atoms with Crippen LogP contribution in [0.2, 0.25) is 0 Å². The molecule has 2 amide bonds. The molecule has 0 bridgehead atoms. The molecule has 0 saturated carbocycles. The first-order chi connectivity index (χ1) is 15.1. The Hall–Kier alpha value is -3.22. The maximum atomic E-state index is 12.7. The molecule has 1 saturated heterocycles. The minimum absolute atomic E-state index is 0.0599. The summed E-state index contributed by atoms with van der Waals surface area (Å²) >= 11 is 0. The molecule has 0 aromatic heterocycles. The highest BCUT2D eigenvalue weighted by atomic mass is 16.5. The van der Waals surface area contributed by atoms with Crippen LogP contribution >= 0.6 is 0 Å². The Morgan fingerprint density at radius 1 is 0.968 bits per heavy atom. The number of carbonyl (C=O) groups excluding carboxylic acids is 2. The Kier molecular flexibility index (Phi) is 8.15. The van der Waals surface area contributed by atoms with Crippen molar-refractivity contribution < 1.29 is 23.8 Å². The molecule has 0 unspecified atom stereocenters. The molecule has 2 aromatic rings.